The number of sulfonamides is 1. The molecule has 0 fully saturated rings. The number of benzene rings is 1. The number of urea groups is 1. The Labute approximate surface area is 126 Å². The molecule has 0 radical (unpaired) electrons. The predicted octanol–water partition coefficient (Wildman–Crippen LogP) is 2.73. The number of hydrogen-bond acceptors (Lipinski definition) is 3. The Morgan fingerprint density at radius 1 is 1.19 bits per heavy atom. The van der Waals surface area contributed by atoms with Crippen LogP contribution in [0.4, 0.5) is 4.79 Å². The Balaban J connectivity index is 2.39. The highest BCUT2D eigenvalue weighted by molar-refractivity contribution is 7.90. The molecule has 21 heavy (non-hydrogen) atoms. The van der Waals surface area contributed by atoms with Crippen molar-refractivity contribution in [2.75, 3.05) is 6.54 Å². The summed E-state index contributed by atoms with van der Waals surface area (Å²) in [4.78, 5) is 11.6. The van der Waals surface area contributed by atoms with Gasteiger partial charge in [0.1, 0.15) is 0 Å². The monoisotopic (exact) mass is 310 g/mol. The number of hydrogen-bond donors (Lipinski definition) is 2. The normalized spacial score (nSPS) is 10.9. The maximum Gasteiger partial charge on any atom is 0.328 e. The van der Waals surface area contributed by atoms with Crippen molar-refractivity contribution in [3.05, 3.63) is 42.5 Å². The number of nitrogens with one attached hydrogen (secondary N) is 2. The van der Waals surface area contributed by atoms with E-state index < -0.39 is 16.1 Å². The van der Waals surface area contributed by atoms with E-state index in [0.29, 0.717) is 6.54 Å². The van der Waals surface area contributed by atoms with Crippen molar-refractivity contribution in [3.8, 4) is 0 Å². The zero-order valence-corrected chi connectivity index (χ0v) is 13.1. The first-order valence-electron chi connectivity index (χ1n) is 6.94. The van der Waals surface area contributed by atoms with Gasteiger partial charge in [0.2, 0.25) is 0 Å². The molecule has 2 amide bonds. The number of amides is 2. The first-order valence-corrected chi connectivity index (χ1v) is 8.42. The third-order valence-electron chi connectivity index (χ3n) is 2.93. The minimum atomic E-state index is -3.80. The summed E-state index contributed by atoms with van der Waals surface area (Å²) in [7, 11) is -3.80. The van der Waals surface area contributed by atoms with Gasteiger partial charge in [0, 0.05) is 6.54 Å². The van der Waals surface area contributed by atoms with Crippen molar-refractivity contribution in [3.63, 3.8) is 0 Å². The fourth-order valence-corrected chi connectivity index (χ4v) is 2.66. The zero-order valence-electron chi connectivity index (χ0n) is 12.3. The topological polar surface area (TPSA) is 75.3 Å². The van der Waals surface area contributed by atoms with Crippen LogP contribution in [0.1, 0.15) is 31.2 Å². The van der Waals surface area contributed by atoms with E-state index in [9.17, 15) is 13.2 Å². The van der Waals surface area contributed by atoms with Crippen molar-refractivity contribution >= 4 is 16.1 Å². The molecule has 0 aliphatic rings. The average Bonchev–Trinajstić information content (AvgIpc) is 2.42. The molecule has 6 heteroatoms. The second-order valence-electron chi connectivity index (χ2n) is 4.81. The number of rotatable bonds is 8. The standard InChI is InChI=1S/C15H22N2O3S/c1-3-4-5-6-7-12-16-15(18)17-21(19,20)14-10-8-13(2)9-11-14/h3,8-11H,1,4-7,12H2,2H3,(H2,16,17,18). The van der Waals surface area contributed by atoms with Crippen molar-refractivity contribution in [1.82, 2.24) is 10.0 Å². The molecule has 0 aliphatic heterocycles. The summed E-state index contributed by atoms with van der Waals surface area (Å²) in [5, 5.41) is 2.54. The second kappa shape index (κ2) is 8.46. The number of aryl methyl sites for hydroxylation is 1. The minimum Gasteiger partial charge on any atom is -0.337 e. The molecule has 0 saturated carbocycles. The van der Waals surface area contributed by atoms with Gasteiger partial charge in [-0.2, -0.15) is 0 Å². The van der Waals surface area contributed by atoms with Crippen molar-refractivity contribution < 1.29 is 13.2 Å². The molecule has 0 aromatic heterocycles. The van der Waals surface area contributed by atoms with Crippen LogP contribution in [-0.2, 0) is 10.0 Å². The molecular formula is C15H22N2O3S. The molecule has 0 saturated heterocycles. The molecule has 0 heterocycles. The first-order chi connectivity index (χ1) is 9.95. The van der Waals surface area contributed by atoms with Gasteiger partial charge in [0.25, 0.3) is 10.0 Å². The fraction of sp³-hybridized carbons (Fsp3) is 0.400. The van der Waals surface area contributed by atoms with E-state index in [0.717, 1.165) is 31.2 Å². The fourth-order valence-electron chi connectivity index (χ4n) is 1.73. The summed E-state index contributed by atoms with van der Waals surface area (Å²) in [5.41, 5.74) is 0.956. The summed E-state index contributed by atoms with van der Waals surface area (Å²) in [6.07, 6.45) is 5.61. The van der Waals surface area contributed by atoms with Crippen molar-refractivity contribution in [2.45, 2.75) is 37.5 Å². The van der Waals surface area contributed by atoms with Crippen molar-refractivity contribution in [2.24, 2.45) is 0 Å². The number of allylic oxidation sites excluding steroid dienone is 1. The van der Waals surface area contributed by atoms with Crippen LogP contribution in [-0.4, -0.2) is 21.0 Å². The molecule has 0 unspecified atom stereocenters. The summed E-state index contributed by atoms with van der Waals surface area (Å²) < 4.78 is 25.9. The van der Waals surface area contributed by atoms with Crippen LogP contribution in [0.15, 0.2) is 41.8 Å². The molecule has 0 atom stereocenters. The van der Waals surface area contributed by atoms with Gasteiger partial charge in [0.05, 0.1) is 4.90 Å². The van der Waals surface area contributed by atoms with Crippen LogP contribution >= 0.6 is 0 Å². The molecular weight excluding hydrogens is 288 g/mol. The summed E-state index contributed by atoms with van der Waals surface area (Å²) in [6.45, 7) is 5.95. The molecule has 0 aliphatic carbocycles. The predicted molar refractivity (Wildman–Crippen MR) is 83.6 cm³/mol. The molecule has 1 aromatic rings. The lowest BCUT2D eigenvalue weighted by Gasteiger charge is -2.08. The second-order valence-corrected chi connectivity index (χ2v) is 6.49. The molecule has 0 bridgehead atoms. The summed E-state index contributed by atoms with van der Waals surface area (Å²) in [6, 6.07) is 5.62. The third-order valence-corrected chi connectivity index (χ3v) is 4.28. The van der Waals surface area contributed by atoms with Gasteiger partial charge in [-0.3, -0.25) is 0 Å². The SMILES string of the molecule is C=CCCCCCNC(=O)NS(=O)(=O)c1ccc(C)cc1. The Morgan fingerprint density at radius 2 is 1.86 bits per heavy atom. The maximum atomic E-state index is 11.9. The van der Waals surface area contributed by atoms with Crippen LogP contribution in [0.25, 0.3) is 0 Å². The summed E-state index contributed by atoms with van der Waals surface area (Å²) >= 11 is 0. The van der Waals surface area contributed by atoms with Crippen LogP contribution in [0.5, 0.6) is 0 Å². The Hall–Kier alpha value is -1.82. The van der Waals surface area contributed by atoms with Crippen LogP contribution < -0.4 is 10.0 Å². The molecule has 5 nitrogen and oxygen atoms in total. The molecule has 1 aromatic carbocycles. The Kier molecular flexibility index (Phi) is 6.94. The van der Waals surface area contributed by atoms with E-state index in [-0.39, 0.29) is 4.90 Å². The minimum absolute atomic E-state index is 0.0780. The van der Waals surface area contributed by atoms with E-state index >= 15 is 0 Å². The van der Waals surface area contributed by atoms with Gasteiger partial charge in [-0.1, -0.05) is 30.2 Å². The quantitative estimate of drug-likeness (QED) is 0.572. The lowest BCUT2D eigenvalue weighted by molar-refractivity contribution is 0.245. The van der Waals surface area contributed by atoms with Crippen molar-refractivity contribution in [1.29, 1.82) is 0 Å². The number of unbranched alkanes of at least 4 members (excludes halogenated alkanes) is 3. The number of carbonyl (C=O) groups excluding carboxylic acids is 1. The lowest BCUT2D eigenvalue weighted by atomic mass is 10.2. The third kappa shape index (κ3) is 6.44. The van der Waals surface area contributed by atoms with Gasteiger partial charge in [-0.15, -0.1) is 6.58 Å². The first kappa shape index (κ1) is 17.2. The van der Waals surface area contributed by atoms with E-state index in [1.54, 1.807) is 12.1 Å². The molecule has 0 spiro atoms. The lowest BCUT2D eigenvalue weighted by Crippen LogP contribution is -2.39. The largest absolute Gasteiger partial charge is 0.337 e. The Bertz CT molecular complexity index is 565. The van der Waals surface area contributed by atoms with E-state index in [1.807, 2.05) is 17.7 Å². The maximum absolute atomic E-state index is 11.9. The van der Waals surface area contributed by atoms with E-state index in [2.05, 4.69) is 11.9 Å². The highest BCUT2D eigenvalue weighted by Crippen LogP contribution is 2.09. The average molecular weight is 310 g/mol. The van der Waals surface area contributed by atoms with Gasteiger partial charge in [0.15, 0.2) is 0 Å². The van der Waals surface area contributed by atoms with Crippen LogP contribution in [0.3, 0.4) is 0 Å². The van der Waals surface area contributed by atoms with Gasteiger partial charge < -0.3 is 5.32 Å². The number of carbonyl (C=O) groups is 1. The van der Waals surface area contributed by atoms with Gasteiger partial charge >= 0.3 is 6.03 Å². The van der Waals surface area contributed by atoms with Crippen LogP contribution in [0.2, 0.25) is 0 Å². The molecule has 2 N–H and O–H groups in total. The van der Waals surface area contributed by atoms with E-state index in [4.69, 9.17) is 0 Å². The molecule has 116 valence electrons. The highest BCUT2D eigenvalue weighted by atomic mass is 32.2. The zero-order chi connectivity index (χ0) is 15.7. The van der Waals surface area contributed by atoms with Gasteiger partial charge in [-0.25, -0.2) is 17.9 Å². The Morgan fingerprint density at radius 3 is 2.48 bits per heavy atom. The van der Waals surface area contributed by atoms with E-state index in [1.165, 1.54) is 12.1 Å². The smallest absolute Gasteiger partial charge is 0.328 e. The van der Waals surface area contributed by atoms with Crippen LogP contribution in [0, 0.1) is 6.92 Å². The highest BCUT2D eigenvalue weighted by Gasteiger charge is 2.16. The summed E-state index contributed by atoms with van der Waals surface area (Å²) in [5.74, 6) is 0. The van der Waals surface area contributed by atoms with Gasteiger partial charge in [-0.05, 0) is 38.3 Å². The molecule has 1 rings (SSSR count).